The van der Waals surface area contributed by atoms with Crippen molar-refractivity contribution in [3.63, 3.8) is 0 Å². The fraction of sp³-hybridized carbons (Fsp3) is 0.450. The number of imidazole rings is 1. The molecule has 0 aliphatic carbocycles. The maximum absolute atomic E-state index is 14.8. The number of nitrogens with zero attached hydrogens (tertiary/aromatic N) is 2. The molecule has 0 spiro atoms. The van der Waals surface area contributed by atoms with Crippen LogP contribution in [0.2, 0.25) is 25.7 Å². The summed E-state index contributed by atoms with van der Waals surface area (Å²) in [5.41, 5.74) is -3.11. The van der Waals surface area contributed by atoms with Gasteiger partial charge in [0.15, 0.2) is 0 Å². The number of halogens is 5. The van der Waals surface area contributed by atoms with Gasteiger partial charge < -0.3 is 9.30 Å². The highest BCUT2D eigenvalue weighted by Gasteiger charge is 2.57. The SMILES string of the molecule is C=C[C@](F)(c1cn(COCC[Si](C)(C)C)c(-c2ccc(Br)cc2C)n1)C(F)(F)F. The van der Waals surface area contributed by atoms with Crippen molar-refractivity contribution in [2.24, 2.45) is 0 Å². The number of alkyl halides is 4. The molecule has 9 heteroatoms. The molecule has 2 rings (SSSR count). The van der Waals surface area contributed by atoms with Gasteiger partial charge in [-0.15, -0.1) is 0 Å². The zero-order valence-electron chi connectivity index (χ0n) is 16.9. The molecule has 1 atom stereocenters. The molecule has 0 amide bonds. The number of benzene rings is 1. The molecule has 0 saturated carbocycles. The highest BCUT2D eigenvalue weighted by Crippen LogP contribution is 2.43. The Balaban J connectivity index is 2.46. The number of rotatable bonds is 8. The Labute approximate surface area is 177 Å². The average Bonchev–Trinajstić information content (AvgIpc) is 3.00. The summed E-state index contributed by atoms with van der Waals surface area (Å²) in [5, 5.41) is 0. The third-order valence-corrected chi connectivity index (χ3v) is 6.70. The maximum Gasteiger partial charge on any atom is 0.432 e. The van der Waals surface area contributed by atoms with Crippen LogP contribution in [0.3, 0.4) is 0 Å². The van der Waals surface area contributed by atoms with Crippen molar-refractivity contribution >= 4 is 24.0 Å². The van der Waals surface area contributed by atoms with Gasteiger partial charge in [-0.25, -0.2) is 9.37 Å². The molecule has 1 heterocycles. The Hall–Kier alpha value is -1.45. The summed E-state index contributed by atoms with van der Waals surface area (Å²) in [6.07, 6.45) is -3.87. The quantitative estimate of drug-likeness (QED) is 0.174. The number of ether oxygens (including phenoxy) is 1. The van der Waals surface area contributed by atoms with Crippen LogP contribution in [0, 0.1) is 6.92 Å². The lowest BCUT2D eigenvalue weighted by Crippen LogP contribution is -2.36. The summed E-state index contributed by atoms with van der Waals surface area (Å²) in [7, 11) is -1.32. The molecule has 0 aliphatic rings. The summed E-state index contributed by atoms with van der Waals surface area (Å²) >= 11 is 3.36. The van der Waals surface area contributed by atoms with Crippen LogP contribution in [0.4, 0.5) is 17.6 Å². The topological polar surface area (TPSA) is 27.1 Å². The van der Waals surface area contributed by atoms with Gasteiger partial charge in [-0.3, -0.25) is 0 Å². The number of aryl methyl sites for hydroxylation is 1. The highest BCUT2D eigenvalue weighted by molar-refractivity contribution is 9.10. The molecule has 0 unspecified atom stereocenters. The third kappa shape index (κ3) is 5.58. The van der Waals surface area contributed by atoms with Gasteiger partial charge in [0.05, 0.1) is 0 Å². The van der Waals surface area contributed by atoms with Crippen molar-refractivity contribution in [2.45, 2.75) is 51.2 Å². The van der Waals surface area contributed by atoms with Crippen molar-refractivity contribution in [3.8, 4) is 11.4 Å². The monoisotopic (exact) mass is 492 g/mol. The van der Waals surface area contributed by atoms with Gasteiger partial charge in [0.1, 0.15) is 18.2 Å². The van der Waals surface area contributed by atoms with E-state index in [4.69, 9.17) is 4.74 Å². The van der Waals surface area contributed by atoms with E-state index in [-0.39, 0.29) is 18.6 Å². The van der Waals surface area contributed by atoms with Gasteiger partial charge in [0.2, 0.25) is 0 Å². The van der Waals surface area contributed by atoms with E-state index >= 15 is 0 Å². The Bertz CT molecular complexity index is 876. The van der Waals surface area contributed by atoms with Gasteiger partial charge in [-0.05, 0) is 42.8 Å². The second-order valence-corrected chi connectivity index (χ2v) is 14.7. The number of allylic oxidation sites excluding steroid dienone is 1. The lowest BCUT2D eigenvalue weighted by atomic mass is 10.0. The van der Waals surface area contributed by atoms with E-state index in [0.29, 0.717) is 12.2 Å². The molecular weight excluding hydrogens is 468 g/mol. The van der Waals surface area contributed by atoms with Crippen molar-refractivity contribution in [1.82, 2.24) is 9.55 Å². The van der Waals surface area contributed by atoms with Gasteiger partial charge in [0.25, 0.3) is 5.67 Å². The van der Waals surface area contributed by atoms with Gasteiger partial charge >= 0.3 is 6.18 Å². The molecule has 29 heavy (non-hydrogen) atoms. The van der Waals surface area contributed by atoms with E-state index in [9.17, 15) is 17.6 Å². The molecule has 0 aliphatic heterocycles. The minimum absolute atomic E-state index is 0.0204. The molecule has 0 saturated heterocycles. The predicted octanol–water partition coefficient (Wildman–Crippen LogP) is 6.85. The number of aromatic nitrogens is 2. The summed E-state index contributed by atoms with van der Waals surface area (Å²) in [6, 6.07) is 6.21. The number of hydrogen-bond donors (Lipinski definition) is 0. The summed E-state index contributed by atoms with van der Waals surface area (Å²) in [4.78, 5) is 4.02. The summed E-state index contributed by atoms with van der Waals surface area (Å²) in [5.74, 6) is 0.214. The zero-order chi connectivity index (χ0) is 22.0. The first-order chi connectivity index (χ1) is 13.3. The average molecular weight is 493 g/mol. The van der Waals surface area contributed by atoms with Crippen molar-refractivity contribution in [1.29, 1.82) is 0 Å². The molecule has 3 nitrogen and oxygen atoms in total. The van der Waals surface area contributed by atoms with Gasteiger partial charge in [0, 0.05) is 30.9 Å². The van der Waals surface area contributed by atoms with Crippen molar-refractivity contribution in [2.75, 3.05) is 6.61 Å². The van der Waals surface area contributed by atoms with E-state index in [1.807, 2.05) is 13.0 Å². The van der Waals surface area contributed by atoms with Crippen LogP contribution in [0.1, 0.15) is 11.3 Å². The van der Waals surface area contributed by atoms with Crippen LogP contribution in [0.5, 0.6) is 0 Å². The zero-order valence-corrected chi connectivity index (χ0v) is 19.5. The first-order valence-corrected chi connectivity index (χ1v) is 13.6. The minimum Gasteiger partial charge on any atom is -0.361 e. The standard InChI is InChI=1S/C20H25BrF4N2OSi/c1-6-19(22,20(23,24)25)17-12-27(13-28-9-10-29(3,4)5)18(26-17)16-8-7-15(21)11-14(16)2/h6-8,11-12H,1,9-10,13H2,2-5H3/t19-/m0/s1. The van der Waals surface area contributed by atoms with Crippen LogP contribution in [0.15, 0.2) is 41.5 Å². The molecule has 0 N–H and O–H groups in total. The first kappa shape index (κ1) is 23.8. The smallest absolute Gasteiger partial charge is 0.361 e. The lowest BCUT2D eigenvalue weighted by Gasteiger charge is -2.22. The first-order valence-electron chi connectivity index (χ1n) is 9.09. The molecule has 0 radical (unpaired) electrons. The van der Waals surface area contributed by atoms with E-state index in [0.717, 1.165) is 22.3 Å². The maximum atomic E-state index is 14.8. The van der Waals surface area contributed by atoms with Gasteiger partial charge in [-0.1, -0.05) is 42.1 Å². The third-order valence-electron chi connectivity index (χ3n) is 4.50. The number of hydrogen-bond acceptors (Lipinski definition) is 2. The Morgan fingerprint density at radius 3 is 2.41 bits per heavy atom. The van der Waals surface area contributed by atoms with Crippen LogP contribution < -0.4 is 0 Å². The Morgan fingerprint density at radius 2 is 1.90 bits per heavy atom. The Morgan fingerprint density at radius 1 is 1.24 bits per heavy atom. The van der Waals surface area contributed by atoms with Crippen molar-refractivity contribution < 1.29 is 22.3 Å². The largest absolute Gasteiger partial charge is 0.432 e. The van der Waals surface area contributed by atoms with Crippen LogP contribution in [-0.2, 0) is 17.1 Å². The predicted molar refractivity (Wildman–Crippen MR) is 113 cm³/mol. The summed E-state index contributed by atoms with van der Waals surface area (Å²) < 4.78 is 62.9. The summed E-state index contributed by atoms with van der Waals surface area (Å²) in [6.45, 7) is 11.9. The van der Waals surface area contributed by atoms with Gasteiger partial charge in [-0.2, -0.15) is 13.2 Å². The molecule has 0 bridgehead atoms. The molecule has 0 fully saturated rings. The van der Waals surface area contributed by atoms with Crippen LogP contribution in [0.25, 0.3) is 11.4 Å². The molecule has 2 aromatic rings. The highest BCUT2D eigenvalue weighted by atomic mass is 79.9. The second kappa shape index (κ2) is 8.73. The second-order valence-electron chi connectivity index (χ2n) is 8.14. The van der Waals surface area contributed by atoms with Crippen LogP contribution >= 0.6 is 15.9 Å². The van der Waals surface area contributed by atoms with E-state index in [1.165, 1.54) is 4.57 Å². The molecular formula is C20H25BrF4N2OSi. The van der Waals surface area contributed by atoms with E-state index < -0.39 is 25.6 Å². The minimum atomic E-state index is -5.17. The van der Waals surface area contributed by atoms with E-state index in [2.05, 4.69) is 47.1 Å². The van der Waals surface area contributed by atoms with Crippen LogP contribution in [-0.4, -0.2) is 30.4 Å². The fourth-order valence-electron chi connectivity index (χ4n) is 2.69. The molecule has 160 valence electrons. The van der Waals surface area contributed by atoms with E-state index in [1.54, 1.807) is 12.1 Å². The lowest BCUT2D eigenvalue weighted by molar-refractivity contribution is -0.217. The van der Waals surface area contributed by atoms with Crippen molar-refractivity contribution in [3.05, 3.63) is 52.8 Å². The molecule has 1 aromatic carbocycles. The normalized spacial score (nSPS) is 14.7. The Kier molecular flexibility index (Phi) is 7.17. The fourth-order valence-corrected chi connectivity index (χ4v) is 3.92. The molecule has 1 aromatic heterocycles.